The predicted molar refractivity (Wildman–Crippen MR) is 177 cm³/mol. The van der Waals surface area contributed by atoms with Gasteiger partial charge < -0.3 is 65.5 Å². The standard InChI is InChI=1S/C30H44N10O12/c1-13(41)24(29(50)39-19(30(51)52)9-14-5-3-2-4-6-14)40-28(49)18(12-23(35)45)38-26(47)16(7-8-20(32)42)36-27(48)17(11-22(34)44)37-25(46)15(31)10-21(33)43/h2-6,13,15-19,24,41H,7-12,31H2,1H3,(H2,32,42)(H2,33,43)(H2,34,44)(H2,35,45)(H,36,48)(H,37,46)(H,38,47)(H,39,50)(H,40,49)(H,51,52)/t13-,15+,16+,17+,18+,19+,24+/m1/s1. The van der Waals surface area contributed by atoms with Gasteiger partial charge in [0.15, 0.2) is 0 Å². The number of nitrogens with two attached hydrogens (primary N) is 5. The van der Waals surface area contributed by atoms with Gasteiger partial charge in [0.1, 0.15) is 30.2 Å². The first-order chi connectivity index (χ1) is 24.2. The Morgan fingerprint density at radius 3 is 1.50 bits per heavy atom. The maximum absolute atomic E-state index is 13.4. The number of carbonyl (C=O) groups is 10. The molecule has 7 atom stereocenters. The third-order valence-corrected chi connectivity index (χ3v) is 7.11. The number of nitrogens with one attached hydrogen (secondary N) is 5. The van der Waals surface area contributed by atoms with Crippen molar-refractivity contribution < 1.29 is 58.2 Å². The van der Waals surface area contributed by atoms with Gasteiger partial charge in [0.05, 0.1) is 31.4 Å². The molecule has 0 aliphatic carbocycles. The fourth-order valence-corrected chi connectivity index (χ4v) is 4.48. The summed E-state index contributed by atoms with van der Waals surface area (Å²) < 4.78 is 0. The molecule has 0 aromatic heterocycles. The van der Waals surface area contributed by atoms with Crippen LogP contribution in [0.1, 0.15) is 44.6 Å². The van der Waals surface area contributed by atoms with Crippen LogP contribution < -0.4 is 55.3 Å². The fourth-order valence-electron chi connectivity index (χ4n) is 4.48. The Bertz CT molecular complexity index is 1510. The van der Waals surface area contributed by atoms with Gasteiger partial charge in [-0.1, -0.05) is 30.3 Å². The first-order valence-electron chi connectivity index (χ1n) is 15.6. The molecule has 17 N–H and O–H groups in total. The number of aliphatic hydroxyl groups is 1. The van der Waals surface area contributed by atoms with E-state index in [-0.39, 0.29) is 6.42 Å². The molecule has 22 nitrogen and oxygen atoms in total. The van der Waals surface area contributed by atoms with Crippen molar-refractivity contribution in [2.75, 3.05) is 0 Å². The molecule has 0 aliphatic rings. The number of amides is 9. The minimum absolute atomic E-state index is 0.161. The molecule has 1 aromatic rings. The van der Waals surface area contributed by atoms with Crippen LogP contribution in [0, 0.1) is 0 Å². The normalized spacial score (nSPS) is 14.8. The van der Waals surface area contributed by atoms with E-state index < -0.39 is 134 Å². The minimum atomic E-state index is -1.88. The van der Waals surface area contributed by atoms with E-state index >= 15 is 0 Å². The second-order valence-corrected chi connectivity index (χ2v) is 11.6. The molecule has 0 spiro atoms. The molecule has 0 unspecified atom stereocenters. The third kappa shape index (κ3) is 16.0. The average molecular weight is 737 g/mol. The van der Waals surface area contributed by atoms with E-state index in [2.05, 4.69) is 26.6 Å². The molecule has 9 amide bonds. The highest BCUT2D eigenvalue weighted by Crippen LogP contribution is 2.07. The Balaban J connectivity index is 3.25. The summed E-state index contributed by atoms with van der Waals surface area (Å²) in [5, 5.41) is 30.7. The van der Waals surface area contributed by atoms with Gasteiger partial charge in [-0.25, -0.2) is 4.79 Å². The van der Waals surface area contributed by atoms with Crippen molar-refractivity contribution in [1.82, 2.24) is 26.6 Å². The van der Waals surface area contributed by atoms with E-state index in [1.54, 1.807) is 30.3 Å². The number of carboxylic acid groups (broad SMARTS) is 1. The maximum atomic E-state index is 13.4. The zero-order valence-corrected chi connectivity index (χ0v) is 28.0. The van der Waals surface area contributed by atoms with Crippen molar-refractivity contribution in [3.05, 3.63) is 35.9 Å². The number of aliphatic carboxylic acids is 1. The average Bonchev–Trinajstić information content (AvgIpc) is 3.03. The lowest BCUT2D eigenvalue weighted by Crippen LogP contribution is -2.61. The Kier molecular flexibility index (Phi) is 17.8. The number of carbonyl (C=O) groups excluding carboxylic acids is 9. The Morgan fingerprint density at radius 2 is 1.04 bits per heavy atom. The van der Waals surface area contributed by atoms with E-state index in [4.69, 9.17) is 28.7 Å². The molecule has 1 rings (SSSR count). The third-order valence-electron chi connectivity index (χ3n) is 7.11. The number of primary amides is 4. The molecule has 0 radical (unpaired) electrons. The van der Waals surface area contributed by atoms with E-state index in [9.17, 15) is 58.2 Å². The SMILES string of the molecule is C[C@@H](O)[C@H](NC(=O)[C@H](CC(N)=O)NC(=O)[C@H](CCC(N)=O)NC(=O)[C@H](CC(N)=O)NC(=O)[C@@H](N)CC(N)=O)C(=O)N[C@@H](Cc1ccccc1)C(=O)O. The van der Waals surface area contributed by atoms with E-state index in [1.807, 2.05) is 0 Å². The second-order valence-electron chi connectivity index (χ2n) is 11.6. The molecule has 0 bridgehead atoms. The number of rotatable bonds is 23. The summed E-state index contributed by atoms with van der Waals surface area (Å²) in [6.07, 6.45) is -5.20. The molecular formula is C30H44N10O12. The highest BCUT2D eigenvalue weighted by molar-refractivity contribution is 5.99. The maximum Gasteiger partial charge on any atom is 0.326 e. The fraction of sp³-hybridized carbons (Fsp3) is 0.467. The van der Waals surface area contributed by atoms with E-state index in [0.29, 0.717) is 5.56 Å². The molecule has 52 heavy (non-hydrogen) atoms. The number of benzene rings is 1. The van der Waals surface area contributed by atoms with Crippen molar-refractivity contribution in [2.45, 2.75) is 87.8 Å². The Labute approximate surface area is 296 Å². The van der Waals surface area contributed by atoms with Crippen molar-refractivity contribution >= 4 is 59.1 Å². The highest BCUT2D eigenvalue weighted by Gasteiger charge is 2.35. The molecule has 1 aromatic carbocycles. The summed E-state index contributed by atoms with van der Waals surface area (Å²) in [4.78, 5) is 123. The number of hydrogen-bond acceptors (Lipinski definition) is 12. The lowest BCUT2D eigenvalue weighted by atomic mass is 10.0. The lowest BCUT2D eigenvalue weighted by molar-refractivity contribution is -0.143. The quantitative estimate of drug-likeness (QED) is 0.0498. The van der Waals surface area contributed by atoms with Gasteiger partial charge in [0.2, 0.25) is 53.2 Å². The molecule has 0 fully saturated rings. The monoisotopic (exact) mass is 736 g/mol. The van der Waals surface area contributed by atoms with E-state index in [1.165, 1.54) is 0 Å². The van der Waals surface area contributed by atoms with Crippen molar-refractivity contribution in [2.24, 2.45) is 28.7 Å². The van der Waals surface area contributed by atoms with Gasteiger partial charge >= 0.3 is 5.97 Å². The summed E-state index contributed by atoms with van der Waals surface area (Å²) in [5.74, 6) is -11.5. The Hall–Kier alpha value is -6.16. The lowest BCUT2D eigenvalue weighted by Gasteiger charge is -2.27. The van der Waals surface area contributed by atoms with Crippen LogP contribution >= 0.6 is 0 Å². The molecule has 286 valence electrons. The largest absolute Gasteiger partial charge is 0.480 e. The van der Waals surface area contributed by atoms with Crippen LogP contribution in [0.25, 0.3) is 0 Å². The smallest absolute Gasteiger partial charge is 0.326 e. The van der Waals surface area contributed by atoms with Gasteiger partial charge in [0.25, 0.3) is 0 Å². The summed E-state index contributed by atoms with van der Waals surface area (Å²) in [6.45, 7) is 1.09. The number of carboxylic acids is 1. The van der Waals surface area contributed by atoms with Gasteiger partial charge in [-0.15, -0.1) is 0 Å². The van der Waals surface area contributed by atoms with Crippen LogP contribution in [-0.2, 0) is 54.4 Å². The van der Waals surface area contributed by atoms with Crippen molar-refractivity contribution in [3.63, 3.8) is 0 Å². The summed E-state index contributed by atoms with van der Waals surface area (Å²) in [5.41, 5.74) is 26.7. The van der Waals surface area contributed by atoms with E-state index in [0.717, 1.165) is 6.92 Å². The molecule has 0 saturated carbocycles. The number of hydrogen-bond donors (Lipinski definition) is 12. The van der Waals surface area contributed by atoms with Gasteiger partial charge in [-0.3, -0.25) is 43.2 Å². The van der Waals surface area contributed by atoms with Crippen LogP contribution in [0.3, 0.4) is 0 Å². The predicted octanol–water partition coefficient (Wildman–Crippen LogP) is -6.66. The van der Waals surface area contributed by atoms with Gasteiger partial charge in [-0.2, -0.15) is 0 Å². The zero-order valence-electron chi connectivity index (χ0n) is 28.0. The van der Waals surface area contributed by atoms with Crippen molar-refractivity contribution in [3.8, 4) is 0 Å². The van der Waals surface area contributed by atoms with Crippen LogP contribution in [0.4, 0.5) is 0 Å². The van der Waals surface area contributed by atoms with Crippen LogP contribution in [0.2, 0.25) is 0 Å². The first-order valence-corrected chi connectivity index (χ1v) is 15.6. The van der Waals surface area contributed by atoms with Crippen LogP contribution in [0.5, 0.6) is 0 Å². The molecule has 0 saturated heterocycles. The van der Waals surface area contributed by atoms with Gasteiger partial charge in [0, 0.05) is 12.8 Å². The molecular weight excluding hydrogens is 692 g/mol. The van der Waals surface area contributed by atoms with Crippen LogP contribution in [-0.4, -0.2) is 112 Å². The van der Waals surface area contributed by atoms with Gasteiger partial charge in [-0.05, 0) is 18.9 Å². The van der Waals surface area contributed by atoms with Crippen LogP contribution in [0.15, 0.2) is 30.3 Å². The Morgan fingerprint density at radius 1 is 0.596 bits per heavy atom. The molecule has 0 aliphatic heterocycles. The summed E-state index contributed by atoms with van der Waals surface area (Å²) in [7, 11) is 0. The number of aliphatic hydroxyl groups excluding tert-OH is 1. The zero-order chi connectivity index (χ0) is 39.7. The molecule has 0 heterocycles. The summed E-state index contributed by atoms with van der Waals surface area (Å²) >= 11 is 0. The summed E-state index contributed by atoms with van der Waals surface area (Å²) in [6, 6.07) is -2.01. The van der Waals surface area contributed by atoms with Crippen molar-refractivity contribution in [1.29, 1.82) is 0 Å². The highest BCUT2D eigenvalue weighted by atomic mass is 16.4. The first kappa shape index (κ1) is 43.9. The molecule has 22 heteroatoms. The topological polar surface area (TPSA) is 401 Å². The minimum Gasteiger partial charge on any atom is -0.480 e. The second kappa shape index (κ2) is 21.1.